The van der Waals surface area contributed by atoms with E-state index in [4.69, 9.17) is 0 Å². The fraction of sp³-hybridized carbons (Fsp3) is 0.400. The summed E-state index contributed by atoms with van der Waals surface area (Å²) in [5.74, 6) is 0.234. The van der Waals surface area contributed by atoms with Gasteiger partial charge in [-0.25, -0.2) is 0 Å². The number of hydrogen-bond donors (Lipinski definition) is 0. The highest BCUT2D eigenvalue weighted by atomic mass is 16.1. The molecule has 0 unspecified atom stereocenters. The van der Waals surface area contributed by atoms with Gasteiger partial charge in [-0.3, -0.25) is 4.79 Å². The zero-order valence-electron chi connectivity index (χ0n) is 17.7. The molecule has 0 aliphatic heterocycles. The number of allylic oxidation sites excluding steroid dienone is 2. The number of rotatable bonds is 1. The number of Topliss-reactive ketones (excluding diaryl/α,β-unsaturated/α-hetero) is 1. The van der Waals surface area contributed by atoms with E-state index in [-0.39, 0.29) is 11.2 Å². The van der Waals surface area contributed by atoms with Gasteiger partial charge in [-0.05, 0) is 40.2 Å². The van der Waals surface area contributed by atoms with Crippen LogP contribution in [-0.2, 0) is 11.2 Å². The van der Waals surface area contributed by atoms with Gasteiger partial charge in [-0.1, -0.05) is 97.0 Å². The minimum Gasteiger partial charge on any atom is -0.294 e. The molecule has 0 aromatic heterocycles. The van der Waals surface area contributed by atoms with Crippen molar-refractivity contribution in [3.8, 4) is 0 Å². The summed E-state index contributed by atoms with van der Waals surface area (Å²) in [6.45, 7) is 16.7. The van der Waals surface area contributed by atoms with Gasteiger partial charge in [0.05, 0.1) is 0 Å². The highest BCUT2D eigenvalue weighted by Gasteiger charge is 2.32. The molecule has 0 spiro atoms. The van der Waals surface area contributed by atoms with Gasteiger partial charge < -0.3 is 0 Å². The molecule has 0 fully saturated rings. The first-order valence-electron chi connectivity index (χ1n) is 9.82. The Bertz CT molecular complexity index is 773. The summed E-state index contributed by atoms with van der Waals surface area (Å²) < 4.78 is 0. The number of hydrogen-bond acceptors (Lipinski definition) is 1. The van der Waals surface area contributed by atoms with Crippen molar-refractivity contribution >= 4 is 16.9 Å². The van der Waals surface area contributed by atoms with Crippen LogP contribution >= 0.6 is 0 Å². The molecule has 1 nitrogen and oxygen atoms in total. The second-order valence-electron chi connectivity index (χ2n) is 7.07. The predicted octanol–water partition coefficient (Wildman–Crippen LogP) is 7.13. The molecule has 0 radical (unpaired) electrons. The van der Waals surface area contributed by atoms with Crippen LogP contribution in [0.5, 0.6) is 0 Å². The molecule has 1 heteroatoms. The standard InChI is InChI=1S/C21H22O.2C2H6/c1-14-9-5-7-11-16(14)19-18(22)13-15-10-6-8-12-17(15)20(19)21(2,3)4;2*1-2/h5-12H,13H2,1-4H3;2*1-2H3. The molecule has 3 rings (SSSR count). The van der Waals surface area contributed by atoms with Crippen LogP contribution in [0.2, 0.25) is 0 Å². The maximum absolute atomic E-state index is 12.9. The molecule has 0 bridgehead atoms. The third-order valence-corrected chi connectivity index (χ3v) is 4.33. The van der Waals surface area contributed by atoms with Crippen LogP contribution in [0.4, 0.5) is 0 Å². The first kappa shape index (κ1) is 21.9. The van der Waals surface area contributed by atoms with Gasteiger partial charge in [0.1, 0.15) is 0 Å². The van der Waals surface area contributed by atoms with E-state index in [9.17, 15) is 4.79 Å². The smallest absolute Gasteiger partial charge is 0.168 e. The summed E-state index contributed by atoms with van der Waals surface area (Å²) in [7, 11) is 0. The van der Waals surface area contributed by atoms with Crippen molar-refractivity contribution < 1.29 is 4.79 Å². The molecule has 2 aromatic carbocycles. The normalized spacial score (nSPS) is 13.2. The number of benzene rings is 2. The summed E-state index contributed by atoms with van der Waals surface area (Å²) in [4.78, 5) is 12.9. The summed E-state index contributed by atoms with van der Waals surface area (Å²) in [6.07, 6.45) is 0.499. The number of aryl methyl sites for hydroxylation is 1. The average Bonchev–Trinajstić information content (AvgIpc) is 2.64. The fourth-order valence-corrected chi connectivity index (χ4v) is 3.37. The minimum atomic E-state index is -0.0796. The van der Waals surface area contributed by atoms with Crippen molar-refractivity contribution in [2.75, 3.05) is 0 Å². The van der Waals surface area contributed by atoms with Crippen molar-refractivity contribution in [1.82, 2.24) is 0 Å². The number of ketones is 1. The maximum atomic E-state index is 12.9. The van der Waals surface area contributed by atoms with Gasteiger partial charge in [0.15, 0.2) is 5.78 Å². The molecule has 0 heterocycles. The van der Waals surface area contributed by atoms with E-state index >= 15 is 0 Å². The van der Waals surface area contributed by atoms with Crippen LogP contribution in [0.3, 0.4) is 0 Å². The Balaban J connectivity index is 0.000000791. The first-order chi connectivity index (χ1) is 12.4. The molecule has 2 aromatic rings. The first-order valence-corrected chi connectivity index (χ1v) is 9.82. The third-order valence-electron chi connectivity index (χ3n) is 4.33. The van der Waals surface area contributed by atoms with Crippen molar-refractivity contribution in [2.24, 2.45) is 5.41 Å². The van der Waals surface area contributed by atoms with Crippen molar-refractivity contribution in [1.29, 1.82) is 0 Å². The zero-order chi connectivity index (χ0) is 19.9. The monoisotopic (exact) mass is 350 g/mol. The van der Waals surface area contributed by atoms with Gasteiger partial charge in [-0.2, -0.15) is 0 Å². The Hall–Kier alpha value is -2.15. The van der Waals surface area contributed by atoms with Crippen LogP contribution in [-0.4, -0.2) is 5.78 Å². The Morgan fingerprint density at radius 3 is 1.81 bits per heavy atom. The average molecular weight is 351 g/mol. The van der Waals surface area contributed by atoms with Gasteiger partial charge in [-0.15, -0.1) is 0 Å². The van der Waals surface area contributed by atoms with Gasteiger partial charge in [0, 0.05) is 12.0 Å². The molecule has 140 valence electrons. The quantitative estimate of drug-likeness (QED) is 0.534. The van der Waals surface area contributed by atoms with Gasteiger partial charge in [0.2, 0.25) is 0 Å². The van der Waals surface area contributed by atoms with Crippen molar-refractivity contribution in [3.63, 3.8) is 0 Å². The highest BCUT2D eigenvalue weighted by molar-refractivity contribution is 6.31. The topological polar surface area (TPSA) is 17.1 Å². The maximum Gasteiger partial charge on any atom is 0.168 e. The minimum absolute atomic E-state index is 0.0796. The van der Waals surface area contributed by atoms with Crippen LogP contribution < -0.4 is 0 Å². The number of fused-ring (bicyclic) bond motifs is 1. The zero-order valence-corrected chi connectivity index (χ0v) is 17.7. The predicted molar refractivity (Wildman–Crippen MR) is 115 cm³/mol. The molecule has 1 aliphatic carbocycles. The summed E-state index contributed by atoms with van der Waals surface area (Å²) in [5, 5.41) is 0. The van der Waals surface area contributed by atoms with Gasteiger partial charge >= 0.3 is 0 Å². The van der Waals surface area contributed by atoms with E-state index in [1.165, 1.54) is 11.1 Å². The Kier molecular flexibility index (Phi) is 8.02. The van der Waals surface area contributed by atoms with Crippen LogP contribution in [0.15, 0.2) is 48.5 Å². The molecule has 0 N–H and O–H groups in total. The number of carbonyl (C=O) groups is 1. The molecule has 0 saturated carbocycles. The van der Waals surface area contributed by atoms with E-state index in [1.54, 1.807) is 0 Å². The van der Waals surface area contributed by atoms with E-state index < -0.39 is 0 Å². The molecular weight excluding hydrogens is 316 g/mol. The molecule has 1 aliphatic rings. The van der Waals surface area contributed by atoms with Crippen molar-refractivity contribution in [3.05, 3.63) is 70.8 Å². The summed E-state index contributed by atoms with van der Waals surface area (Å²) in [5.41, 5.74) is 6.61. The van der Waals surface area contributed by atoms with E-state index in [0.29, 0.717) is 6.42 Å². The lowest BCUT2D eigenvalue weighted by Gasteiger charge is -2.32. The lowest BCUT2D eigenvalue weighted by molar-refractivity contribution is -0.113. The SMILES string of the molecule is CC.CC.Cc1ccccc1C1=C(C(C)(C)C)c2ccccc2CC1=O. The highest BCUT2D eigenvalue weighted by Crippen LogP contribution is 2.45. The van der Waals surface area contributed by atoms with E-state index in [0.717, 1.165) is 22.3 Å². The fourth-order valence-electron chi connectivity index (χ4n) is 3.37. The lowest BCUT2D eigenvalue weighted by Crippen LogP contribution is -2.22. The van der Waals surface area contributed by atoms with Gasteiger partial charge in [0.25, 0.3) is 0 Å². The van der Waals surface area contributed by atoms with E-state index in [2.05, 4.69) is 58.0 Å². The van der Waals surface area contributed by atoms with Crippen molar-refractivity contribution in [2.45, 2.75) is 61.8 Å². The number of carbonyl (C=O) groups excluding carboxylic acids is 1. The second kappa shape index (κ2) is 9.52. The Morgan fingerprint density at radius 2 is 1.27 bits per heavy atom. The largest absolute Gasteiger partial charge is 0.294 e. The summed E-state index contributed by atoms with van der Waals surface area (Å²) >= 11 is 0. The molecule has 0 saturated heterocycles. The third kappa shape index (κ3) is 4.52. The molecule has 26 heavy (non-hydrogen) atoms. The van der Waals surface area contributed by atoms with Crippen LogP contribution in [0.1, 0.15) is 70.7 Å². The Morgan fingerprint density at radius 1 is 0.769 bits per heavy atom. The van der Waals surface area contributed by atoms with Crippen LogP contribution in [0, 0.1) is 12.3 Å². The molecule has 0 atom stereocenters. The van der Waals surface area contributed by atoms with E-state index in [1.807, 2.05) is 45.9 Å². The molecular formula is C25H34O. The Labute approximate surface area is 160 Å². The lowest BCUT2D eigenvalue weighted by atomic mass is 9.71. The second-order valence-corrected chi connectivity index (χ2v) is 7.07. The summed E-state index contributed by atoms with van der Waals surface area (Å²) in [6, 6.07) is 16.5. The van der Waals surface area contributed by atoms with Crippen LogP contribution in [0.25, 0.3) is 11.1 Å². The molecule has 0 amide bonds.